The lowest BCUT2D eigenvalue weighted by atomic mass is 10.0. The number of amides is 2. The summed E-state index contributed by atoms with van der Waals surface area (Å²) in [7, 11) is 1.70. The van der Waals surface area contributed by atoms with Crippen molar-refractivity contribution in [3.63, 3.8) is 0 Å². The molecular formula is C19H18FN5O3S. The summed E-state index contributed by atoms with van der Waals surface area (Å²) in [5.41, 5.74) is 4.58. The number of fused-ring (bicyclic) bond motifs is 1. The number of hydrogen-bond acceptors (Lipinski definition) is 6. The van der Waals surface area contributed by atoms with Gasteiger partial charge in [0.1, 0.15) is 0 Å². The predicted octanol–water partition coefficient (Wildman–Crippen LogP) is 2.18. The Kier molecular flexibility index (Phi) is 5.01. The van der Waals surface area contributed by atoms with Crippen molar-refractivity contribution in [2.75, 3.05) is 13.6 Å². The molecule has 4 rings (SSSR count). The van der Waals surface area contributed by atoms with E-state index in [-0.39, 0.29) is 23.9 Å². The number of aromatic amines is 1. The van der Waals surface area contributed by atoms with Crippen molar-refractivity contribution in [1.82, 2.24) is 25.0 Å². The van der Waals surface area contributed by atoms with Crippen LogP contribution in [0.1, 0.15) is 37.8 Å². The lowest BCUT2D eigenvalue weighted by molar-refractivity contribution is 0.0731. The second kappa shape index (κ2) is 7.63. The van der Waals surface area contributed by atoms with Gasteiger partial charge in [0.25, 0.3) is 11.8 Å². The van der Waals surface area contributed by atoms with Crippen LogP contribution in [0.2, 0.25) is 0 Å². The van der Waals surface area contributed by atoms with E-state index >= 15 is 0 Å². The summed E-state index contributed by atoms with van der Waals surface area (Å²) in [6.07, 6.45) is 0.469. The molecular weight excluding hydrogens is 397 g/mol. The molecule has 10 heteroatoms. The number of nitrogens with zero attached hydrogens (tertiary/aromatic N) is 4. The average Bonchev–Trinajstić information content (AvgIpc) is 3.38. The van der Waals surface area contributed by atoms with Crippen molar-refractivity contribution >= 4 is 23.2 Å². The number of carbonyl (C=O) groups excluding carboxylic acids is 2. The zero-order valence-corrected chi connectivity index (χ0v) is 16.4. The summed E-state index contributed by atoms with van der Waals surface area (Å²) in [4.78, 5) is 32.8. The van der Waals surface area contributed by atoms with Gasteiger partial charge in [0.15, 0.2) is 17.3 Å². The molecule has 0 radical (unpaired) electrons. The van der Waals surface area contributed by atoms with Gasteiger partial charge in [-0.2, -0.15) is 5.10 Å². The minimum absolute atomic E-state index is 0.200. The Labute approximate surface area is 169 Å². The summed E-state index contributed by atoms with van der Waals surface area (Å²) < 4.78 is 13.2. The minimum Gasteiger partial charge on any atom is -0.505 e. The standard InChI is InChI=1S/C19H18FN5O3S/c1-24(7-12-9-29-10-21-12)19(28)17-13-4-5-25(8-15(13)22-23-17)18(27)11-2-3-14(20)16(26)6-11/h2-3,6,9-10,26H,4-5,7-8H2,1H3,(H,22,23). The van der Waals surface area contributed by atoms with Gasteiger partial charge in [-0.25, -0.2) is 9.37 Å². The molecule has 8 nitrogen and oxygen atoms in total. The number of hydrogen-bond donors (Lipinski definition) is 2. The van der Waals surface area contributed by atoms with Gasteiger partial charge in [0.05, 0.1) is 30.0 Å². The molecule has 2 amide bonds. The van der Waals surface area contributed by atoms with Crippen LogP contribution in [0.3, 0.4) is 0 Å². The third-order valence-corrected chi connectivity index (χ3v) is 5.48. The van der Waals surface area contributed by atoms with Gasteiger partial charge in [0, 0.05) is 30.1 Å². The first-order valence-electron chi connectivity index (χ1n) is 8.90. The number of thiazole rings is 1. The Morgan fingerprint density at radius 1 is 1.41 bits per heavy atom. The number of carbonyl (C=O) groups is 2. The maximum absolute atomic E-state index is 13.2. The molecule has 29 heavy (non-hydrogen) atoms. The van der Waals surface area contributed by atoms with Crippen LogP contribution in [0, 0.1) is 5.82 Å². The first kappa shape index (κ1) is 19.1. The molecule has 3 aromatic rings. The number of halogens is 1. The first-order chi connectivity index (χ1) is 13.9. The molecule has 3 heterocycles. The minimum atomic E-state index is -0.777. The number of phenols is 1. The number of aromatic hydroxyl groups is 1. The summed E-state index contributed by atoms with van der Waals surface area (Å²) in [6, 6.07) is 3.51. The summed E-state index contributed by atoms with van der Waals surface area (Å²) in [6.45, 7) is 1.03. The molecule has 0 atom stereocenters. The normalized spacial score (nSPS) is 13.2. The first-order valence-corrected chi connectivity index (χ1v) is 9.84. The third kappa shape index (κ3) is 3.70. The number of phenolic OH excluding ortho intramolecular Hbond substituents is 1. The van der Waals surface area contributed by atoms with Gasteiger partial charge in [-0.05, 0) is 24.6 Å². The number of rotatable bonds is 4. The number of H-pyrrole nitrogens is 1. The van der Waals surface area contributed by atoms with E-state index in [0.717, 1.165) is 23.4 Å². The maximum Gasteiger partial charge on any atom is 0.274 e. The van der Waals surface area contributed by atoms with E-state index in [0.29, 0.717) is 30.9 Å². The molecule has 0 aliphatic carbocycles. The number of nitrogens with one attached hydrogen (secondary N) is 1. The Balaban J connectivity index is 1.48. The molecule has 150 valence electrons. The van der Waals surface area contributed by atoms with E-state index in [1.54, 1.807) is 22.4 Å². The van der Waals surface area contributed by atoms with E-state index in [2.05, 4.69) is 15.2 Å². The van der Waals surface area contributed by atoms with Crippen LogP contribution < -0.4 is 0 Å². The fourth-order valence-corrected chi connectivity index (χ4v) is 3.86. The third-order valence-electron chi connectivity index (χ3n) is 4.85. The van der Waals surface area contributed by atoms with E-state index in [1.807, 2.05) is 5.38 Å². The zero-order chi connectivity index (χ0) is 20.5. The molecule has 0 unspecified atom stereocenters. The largest absolute Gasteiger partial charge is 0.505 e. The zero-order valence-electron chi connectivity index (χ0n) is 15.6. The van der Waals surface area contributed by atoms with Crippen LogP contribution in [0.25, 0.3) is 0 Å². The Morgan fingerprint density at radius 3 is 2.97 bits per heavy atom. The summed E-state index contributed by atoms with van der Waals surface area (Å²) in [5.74, 6) is -1.88. The average molecular weight is 415 g/mol. The Hall–Kier alpha value is -3.27. The lowest BCUT2D eigenvalue weighted by Gasteiger charge is -2.27. The van der Waals surface area contributed by atoms with Crippen molar-refractivity contribution < 1.29 is 19.1 Å². The van der Waals surface area contributed by atoms with Crippen LogP contribution in [-0.2, 0) is 19.5 Å². The summed E-state index contributed by atoms with van der Waals surface area (Å²) in [5, 5.41) is 18.4. The van der Waals surface area contributed by atoms with Crippen molar-refractivity contribution in [1.29, 1.82) is 0 Å². The van der Waals surface area contributed by atoms with Gasteiger partial charge in [0.2, 0.25) is 0 Å². The molecule has 0 spiro atoms. The van der Waals surface area contributed by atoms with Crippen molar-refractivity contribution in [2.45, 2.75) is 19.5 Å². The van der Waals surface area contributed by atoms with Crippen LogP contribution in [0.5, 0.6) is 5.75 Å². The van der Waals surface area contributed by atoms with Gasteiger partial charge in [-0.3, -0.25) is 14.7 Å². The molecule has 2 N–H and O–H groups in total. The molecule has 2 aromatic heterocycles. The topological polar surface area (TPSA) is 102 Å². The van der Waals surface area contributed by atoms with Crippen LogP contribution >= 0.6 is 11.3 Å². The SMILES string of the molecule is CN(Cc1cscn1)C(=O)c1n[nH]c2c1CCN(C(=O)c1ccc(F)c(O)c1)C2. The Morgan fingerprint density at radius 2 is 2.24 bits per heavy atom. The quantitative estimate of drug-likeness (QED) is 0.680. The van der Waals surface area contributed by atoms with Crippen LogP contribution in [0.15, 0.2) is 29.1 Å². The summed E-state index contributed by atoms with van der Waals surface area (Å²) >= 11 is 1.47. The monoisotopic (exact) mass is 415 g/mol. The smallest absolute Gasteiger partial charge is 0.274 e. The highest BCUT2D eigenvalue weighted by Crippen LogP contribution is 2.24. The van der Waals surface area contributed by atoms with E-state index in [1.165, 1.54) is 17.4 Å². The second-order valence-electron chi connectivity index (χ2n) is 6.81. The van der Waals surface area contributed by atoms with Crippen molar-refractivity contribution in [3.8, 4) is 5.75 Å². The fourth-order valence-electron chi connectivity index (χ4n) is 3.31. The predicted molar refractivity (Wildman–Crippen MR) is 103 cm³/mol. The molecule has 0 saturated carbocycles. The highest BCUT2D eigenvalue weighted by atomic mass is 32.1. The van der Waals surface area contributed by atoms with E-state index < -0.39 is 11.6 Å². The van der Waals surface area contributed by atoms with Crippen molar-refractivity contribution in [2.24, 2.45) is 0 Å². The maximum atomic E-state index is 13.2. The van der Waals surface area contributed by atoms with Gasteiger partial charge in [-0.1, -0.05) is 0 Å². The van der Waals surface area contributed by atoms with Crippen LogP contribution in [0.4, 0.5) is 4.39 Å². The highest BCUT2D eigenvalue weighted by molar-refractivity contribution is 7.07. The number of benzene rings is 1. The molecule has 1 aliphatic rings. The molecule has 0 fully saturated rings. The van der Waals surface area contributed by atoms with Crippen LogP contribution in [-0.4, -0.2) is 55.5 Å². The van der Waals surface area contributed by atoms with Gasteiger partial charge >= 0.3 is 0 Å². The fraction of sp³-hybridized carbons (Fsp3) is 0.263. The van der Waals surface area contributed by atoms with E-state index in [4.69, 9.17) is 0 Å². The second-order valence-corrected chi connectivity index (χ2v) is 7.53. The molecule has 0 bridgehead atoms. The Bertz CT molecular complexity index is 1070. The number of aromatic nitrogens is 3. The van der Waals surface area contributed by atoms with Gasteiger partial charge < -0.3 is 14.9 Å². The molecule has 0 saturated heterocycles. The highest BCUT2D eigenvalue weighted by Gasteiger charge is 2.29. The van der Waals surface area contributed by atoms with Crippen molar-refractivity contribution in [3.05, 3.63) is 63.1 Å². The van der Waals surface area contributed by atoms with Gasteiger partial charge in [-0.15, -0.1) is 11.3 Å². The molecule has 1 aliphatic heterocycles. The van der Waals surface area contributed by atoms with E-state index in [9.17, 15) is 19.1 Å². The molecule has 1 aromatic carbocycles. The lowest BCUT2D eigenvalue weighted by Crippen LogP contribution is -2.36.